The van der Waals surface area contributed by atoms with Gasteiger partial charge in [0, 0.05) is 12.1 Å². The van der Waals surface area contributed by atoms with Crippen LogP contribution in [0.5, 0.6) is 5.75 Å². The van der Waals surface area contributed by atoms with Crippen molar-refractivity contribution in [3.8, 4) is 5.75 Å². The molecule has 2 N–H and O–H groups in total. The van der Waals surface area contributed by atoms with Gasteiger partial charge in [0.15, 0.2) is 0 Å². The largest absolute Gasteiger partial charge is 0.497 e. The summed E-state index contributed by atoms with van der Waals surface area (Å²) in [6.45, 7) is -0.0236. The van der Waals surface area contributed by atoms with Crippen molar-refractivity contribution in [2.24, 2.45) is 0 Å². The number of halogens is 1. The molecule has 1 aliphatic carbocycles. The number of non-ortho nitro benzene ring substituents is 1. The van der Waals surface area contributed by atoms with Crippen molar-refractivity contribution in [2.75, 3.05) is 13.7 Å². The number of rotatable bonds is 5. The molecule has 0 bridgehead atoms. The average molecular weight is 391 g/mol. The highest BCUT2D eigenvalue weighted by Crippen LogP contribution is 2.36. The third-order valence-corrected chi connectivity index (χ3v) is 5.13. The first-order chi connectivity index (χ1) is 12.8. The smallest absolute Gasteiger partial charge is 0.270 e. The average Bonchev–Trinajstić information content (AvgIpc) is 2.66. The lowest BCUT2D eigenvalue weighted by Gasteiger charge is -2.35. The predicted octanol–water partition coefficient (Wildman–Crippen LogP) is 3.21. The second kappa shape index (κ2) is 7.54. The van der Waals surface area contributed by atoms with Crippen LogP contribution in [0.3, 0.4) is 0 Å². The molecule has 0 saturated carbocycles. The SMILES string of the molecule is COc1ccc2c(c1)CCCC2(O)CNC(=O)c1cc([N+](=O)[O-])ccc1Cl. The highest BCUT2D eigenvalue weighted by atomic mass is 35.5. The lowest BCUT2D eigenvalue weighted by Crippen LogP contribution is -2.43. The van der Waals surface area contributed by atoms with Gasteiger partial charge in [0.05, 0.1) is 29.2 Å². The van der Waals surface area contributed by atoms with Gasteiger partial charge in [-0.2, -0.15) is 0 Å². The standard InChI is InChI=1S/C19H19ClN2O5/c1-27-14-5-6-16-12(9-14)3-2-8-19(16,24)11-21-18(23)15-10-13(22(25)26)4-7-17(15)20/h4-7,9-10,24H,2-3,8,11H2,1H3,(H,21,23). The summed E-state index contributed by atoms with van der Waals surface area (Å²) in [5.74, 6) is 0.142. The lowest BCUT2D eigenvalue weighted by atomic mass is 9.79. The van der Waals surface area contributed by atoms with E-state index in [2.05, 4.69) is 5.32 Å². The lowest BCUT2D eigenvalue weighted by molar-refractivity contribution is -0.384. The molecule has 0 aromatic heterocycles. The fraction of sp³-hybridized carbons (Fsp3) is 0.316. The fourth-order valence-electron chi connectivity index (χ4n) is 3.37. The first-order valence-corrected chi connectivity index (χ1v) is 8.84. The van der Waals surface area contributed by atoms with E-state index in [0.717, 1.165) is 30.0 Å². The van der Waals surface area contributed by atoms with Crippen molar-refractivity contribution in [1.29, 1.82) is 0 Å². The number of nitrogens with one attached hydrogen (secondary N) is 1. The molecule has 7 nitrogen and oxygen atoms in total. The molecule has 1 unspecified atom stereocenters. The molecule has 0 saturated heterocycles. The Balaban J connectivity index is 1.80. The van der Waals surface area contributed by atoms with E-state index in [1.54, 1.807) is 19.2 Å². The van der Waals surface area contributed by atoms with Crippen LogP contribution in [-0.4, -0.2) is 29.6 Å². The zero-order valence-corrected chi connectivity index (χ0v) is 15.5. The number of fused-ring (bicyclic) bond motifs is 1. The molecule has 8 heteroatoms. The van der Waals surface area contributed by atoms with Crippen molar-refractivity contribution >= 4 is 23.2 Å². The normalized spacial score (nSPS) is 18.5. The molecule has 0 radical (unpaired) electrons. The number of hydrogen-bond acceptors (Lipinski definition) is 5. The molecule has 0 heterocycles. The van der Waals surface area contributed by atoms with E-state index in [1.165, 1.54) is 12.1 Å². The van der Waals surface area contributed by atoms with E-state index in [-0.39, 0.29) is 22.8 Å². The number of methoxy groups -OCH3 is 1. The number of nitro groups is 1. The van der Waals surface area contributed by atoms with Gasteiger partial charge < -0.3 is 15.2 Å². The molecule has 142 valence electrons. The molecule has 27 heavy (non-hydrogen) atoms. The number of aliphatic hydroxyl groups is 1. The van der Waals surface area contributed by atoms with Crippen LogP contribution in [0.15, 0.2) is 36.4 Å². The third-order valence-electron chi connectivity index (χ3n) is 4.80. The van der Waals surface area contributed by atoms with Gasteiger partial charge in [-0.25, -0.2) is 0 Å². The Labute approximate surface area is 161 Å². The minimum Gasteiger partial charge on any atom is -0.497 e. The van der Waals surface area contributed by atoms with Gasteiger partial charge >= 0.3 is 0 Å². The maximum atomic E-state index is 12.5. The minimum absolute atomic E-state index is 0.000213. The number of aryl methyl sites for hydroxylation is 1. The summed E-state index contributed by atoms with van der Waals surface area (Å²) in [6, 6.07) is 9.14. The Morgan fingerprint density at radius 3 is 2.85 bits per heavy atom. The van der Waals surface area contributed by atoms with Crippen molar-refractivity contribution in [3.05, 3.63) is 68.2 Å². The zero-order valence-electron chi connectivity index (χ0n) is 14.7. The molecule has 2 aromatic carbocycles. The fourth-order valence-corrected chi connectivity index (χ4v) is 3.57. The van der Waals surface area contributed by atoms with Gasteiger partial charge in [-0.3, -0.25) is 14.9 Å². The van der Waals surface area contributed by atoms with E-state index in [9.17, 15) is 20.0 Å². The molecular weight excluding hydrogens is 372 g/mol. The summed E-state index contributed by atoms with van der Waals surface area (Å²) < 4.78 is 5.23. The number of nitro benzene ring substituents is 1. The Hall–Kier alpha value is -2.64. The topological polar surface area (TPSA) is 102 Å². The minimum atomic E-state index is -1.22. The number of nitrogens with zero attached hydrogens (tertiary/aromatic N) is 1. The third kappa shape index (κ3) is 3.89. The van der Waals surface area contributed by atoms with Crippen molar-refractivity contribution in [2.45, 2.75) is 24.9 Å². The van der Waals surface area contributed by atoms with E-state index < -0.39 is 16.4 Å². The van der Waals surface area contributed by atoms with Gasteiger partial charge in [-0.15, -0.1) is 0 Å². The number of amides is 1. The molecule has 0 spiro atoms. The maximum absolute atomic E-state index is 12.5. The Bertz CT molecular complexity index is 902. The van der Waals surface area contributed by atoms with Crippen LogP contribution in [0.25, 0.3) is 0 Å². The maximum Gasteiger partial charge on any atom is 0.270 e. The van der Waals surface area contributed by atoms with Crippen molar-refractivity contribution in [3.63, 3.8) is 0 Å². The van der Waals surface area contributed by atoms with Crippen molar-refractivity contribution in [1.82, 2.24) is 5.32 Å². The molecule has 0 fully saturated rings. The van der Waals surface area contributed by atoms with E-state index in [1.807, 2.05) is 6.07 Å². The van der Waals surface area contributed by atoms with Crippen molar-refractivity contribution < 1.29 is 19.6 Å². The monoisotopic (exact) mass is 390 g/mol. The van der Waals surface area contributed by atoms with Gasteiger partial charge in [-0.05, 0) is 48.6 Å². The number of benzene rings is 2. The van der Waals surface area contributed by atoms with Gasteiger partial charge in [0.25, 0.3) is 11.6 Å². The summed E-state index contributed by atoms with van der Waals surface area (Å²) in [4.78, 5) is 22.8. The molecule has 2 aromatic rings. The molecular formula is C19H19ClN2O5. The predicted molar refractivity (Wildman–Crippen MR) is 100 cm³/mol. The number of carbonyl (C=O) groups excluding carboxylic acids is 1. The zero-order chi connectivity index (χ0) is 19.6. The molecule has 1 aliphatic rings. The summed E-state index contributed by atoms with van der Waals surface area (Å²) in [7, 11) is 1.58. The number of hydrogen-bond donors (Lipinski definition) is 2. The van der Waals surface area contributed by atoms with Crippen LogP contribution in [-0.2, 0) is 12.0 Å². The van der Waals surface area contributed by atoms with E-state index in [4.69, 9.17) is 16.3 Å². The Morgan fingerprint density at radius 2 is 2.15 bits per heavy atom. The molecule has 3 rings (SSSR count). The van der Waals surface area contributed by atoms with Crippen LogP contribution < -0.4 is 10.1 Å². The highest BCUT2D eigenvalue weighted by molar-refractivity contribution is 6.33. The molecule has 1 atom stereocenters. The van der Waals surface area contributed by atoms with Gasteiger partial charge in [0.2, 0.25) is 0 Å². The Kier molecular flexibility index (Phi) is 5.34. The van der Waals surface area contributed by atoms with Crippen LogP contribution in [0, 0.1) is 10.1 Å². The molecule has 0 aliphatic heterocycles. The summed E-state index contributed by atoms with van der Waals surface area (Å²) in [6.07, 6.45) is 2.08. The molecule has 1 amide bonds. The summed E-state index contributed by atoms with van der Waals surface area (Å²) in [5, 5.41) is 24.8. The first-order valence-electron chi connectivity index (χ1n) is 8.46. The second-order valence-corrected chi connectivity index (χ2v) is 6.92. The summed E-state index contributed by atoms with van der Waals surface area (Å²) >= 11 is 6.01. The number of carbonyl (C=O) groups is 1. The van der Waals surface area contributed by atoms with Crippen LogP contribution in [0.4, 0.5) is 5.69 Å². The highest BCUT2D eigenvalue weighted by Gasteiger charge is 2.35. The quantitative estimate of drug-likeness (QED) is 0.603. The number of ether oxygens (including phenoxy) is 1. The first kappa shape index (κ1) is 19.1. The van der Waals surface area contributed by atoms with Gasteiger partial charge in [-0.1, -0.05) is 17.7 Å². The summed E-state index contributed by atoms with van der Waals surface area (Å²) in [5.41, 5.74) is 0.284. The van der Waals surface area contributed by atoms with Crippen LogP contribution in [0.2, 0.25) is 5.02 Å². The van der Waals surface area contributed by atoms with Crippen LogP contribution >= 0.6 is 11.6 Å². The van der Waals surface area contributed by atoms with Gasteiger partial charge in [0.1, 0.15) is 11.4 Å². The Morgan fingerprint density at radius 1 is 1.37 bits per heavy atom. The van der Waals surface area contributed by atoms with E-state index >= 15 is 0 Å². The van der Waals surface area contributed by atoms with E-state index in [0.29, 0.717) is 12.2 Å². The second-order valence-electron chi connectivity index (χ2n) is 6.51. The van der Waals surface area contributed by atoms with Crippen LogP contribution in [0.1, 0.15) is 34.3 Å².